The molecule has 0 aromatic heterocycles. The summed E-state index contributed by atoms with van der Waals surface area (Å²) in [5.41, 5.74) is 0.258. The molecule has 0 N–H and O–H groups in total. The molecule has 19 heavy (non-hydrogen) atoms. The molecule has 0 saturated carbocycles. The van der Waals surface area contributed by atoms with Crippen LogP contribution in [0.4, 0.5) is 0 Å². The Bertz CT molecular complexity index is 431. The largest absolute Gasteiger partial charge is 0.462 e. The van der Waals surface area contributed by atoms with Gasteiger partial charge in [0.2, 0.25) is 11.6 Å². The molecule has 0 saturated heterocycles. The van der Waals surface area contributed by atoms with Crippen molar-refractivity contribution in [2.45, 2.75) is 53.6 Å². The number of ketones is 2. The second-order valence-corrected chi connectivity index (χ2v) is 5.97. The van der Waals surface area contributed by atoms with E-state index in [1.165, 1.54) is 6.92 Å². The molecule has 4 nitrogen and oxygen atoms in total. The van der Waals surface area contributed by atoms with Crippen molar-refractivity contribution in [1.29, 1.82) is 0 Å². The summed E-state index contributed by atoms with van der Waals surface area (Å²) < 4.78 is 5.16. The molecule has 0 spiro atoms. The normalized spacial score (nSPS) is 30.7. The third-order valence-corrected chi connectivity index (χ3v) is 3.83. The summed E-state index contributed by atoms with van der Waals surface area (Å²) in [6, 6.07) is 0. The first-order valence-electron chi connectivity index (χ1n) is 6.57. The monoisotopic (exact) mass is 266 g/mol. The minimum atomic E-state index is -0.512. The third-order valence-electron chi connectivity index (χ3n) is 3.83. The lowest BCUT2D eigenvalue weighted by molar-refractivity contribution is -0.149. The van der Waals surface area contributed by atoms with Gasteiger partial charge in [-0.25, -0.2) is 0 Å². The van der Waals surface area contributed by atoms with Crippen LogP contribution in [0.3, 0.4) is 0 Å². The van der Waals surface area contributed by atoms with Crippen molar-refractivity contribution >= 4 is 17.5 Å². The van der Waals surface area contributed by atoms with E-state index in [1.54, 1.807) is 6.92 Å². The highest BCUT2D eigenvalue weighted by Crippen LogP contribution is 2.35. The van der Waals surface area contributed by atoms with Gasteiger partial charge in [-0.1, -0.05) is 26.8 Å². The number of rotatable bonds is 1. The molecular formula is C15H22O4. The van der Waals surface area contributed by atoms with E-state index in [2.05, 4.69) is 0 Å². The van der Waals surface area contributed by atoms with Gasteiger partial charge in [0.1, 0.15) is 6.10 Å². The van der Waals surface area contributed by atoms with Crippen LogP contribution >= 0.6 is 0 Å². The lowest BCUT2D eigenvalue weighted by Crippen LogP contribution is -2.28. The Morgan fingerprint density at radius 1 is 1.37 bits per heavy atom. The van der Waals surface area contributed by atoms with Gasteiger partial charge in [-0.15, -0.1) is 0 Å². The summed E-state index contributed by atoms with van der Waals surface area (Å²) in [6.45, 7) is 9.07. The first-order valence-corrected chi connectivity index (χ1v) is 6.57. The number of esters is 1. The van der Waals surface area contributed by atoms with Crippen LogP contribution in [0.2, 0.25) is 0 Å². The van der Waals surface area contributed by atoms with E-state index in [4.69, 9.17) is 4.74 Å². The van der Waals surface area contributed by atoms with E-state index in [0.29, 0.717) is 12.0 Å². The zero-order chi connectivity index (χ0) is 14.8. The van der Waals surface area contributed by atoms with Crippen molar-refractivity contribution in [3.63, 3.8) is 0 Å². The van der Waals surface area contributed by atoms with Crippen molar-refractivity contribution in [1.82, 2.24) is 0 Å². The van der Waals surface area contributed by atoms with Crippen molar-refractivity contribution in [2.75, 3.05) is 0 Å². The lowest BCUT2D eigenvalue weighted by Gasteiger charge is -2.30. The predicted octanol–water partition coefficient (Wildman–Crippen LogP) is 2.46. The molecule has 0 unspecified atom stereocenters. The number of ether oxygens (including phenoxy) is 1. The van der Waals surface area contributed by atoms with Crippen LogP contribution in [0, 0.1) is 11.3 Å². The van der Waals surface area contributed by atoms with Gasteiger partial charge in [-0.2, -0.15) is 0 Å². The maximum atomic E-state index is 11.9. The van der Waals surface area contributed by atoms with Gasteiger partial charge in [0.05, 0.1) is 6.42 Å². The van der Waals surface area contributed by atoms with Gasteiger partial charge in [0.15, 0.2) is 0 Å². The lowest BCUT2D eigenvalue weighted by atomic mass is 9.76. The van der Waals surface area contributed by atoms with E-state index in [9.17, 15) is 14.4 Å². The van der Waals surface area contributed by atoms with Crippen LogP contribution < -0.4 is 0 Å². The summed E-state index contributed by atoms with van der Waals surface area (Å²) in [5, 5.41) is 0. The number of hydrogen-bond acceptors (Lipinski definition) is 4. The van der Waals surface area contributed by atoms with E-state index < -0.39 is 23.6 Å². The van der Waals surface area contributed by atoms with E-state index in [-0.39, 0.29) is 17.8 Å². The second-order valence-electron chi connectivity index (χ2n) is 5.97. The van der Waals surface area contributed by atoms with Gasteiger partial charge in [0, 0.05) is 6.92 Å². The van der Waals surface area contributed by atoms with E-state index >= 15 is 0 Å². The fourth-order valence-corrected chi connectivity index (χ4v) is 2.39. The first-order chi connectivity index (χ1) is 8.63. The highest BCUT2D eigenvalue weighted by molar-refractivity contribution is 6.43. The Morgan fingerprint density at radius 3 is 2.47 bits per heavy atom. The Morgan fingerprint density at radius 2 is 1.95 bits per heavy atom. The Hall–Kier alpha value is -1.45. The summed E-state index contributed by atoms with van der Waals surface area (Å²) >= 11 is 0. The van der Waals surface area contributed by atoms with Crippen molar-refractivity contribution in [3.8, 4) is 0 Å². The zero-order valence-electron chi connectivity index (χ0n) is 12.3. The predicted molar refractivity (Wildman–Crippen MR) is 71.5 cm³/mol. The molecule has 0 heterocycles. The number of hydrogen-bond donors (Lipinski definition) is 0. The standard InChI is InChI=1S/C15H22O4/c1-9-8-15(4,5)10(2)6-12(19-11(3)16)7-13(17)14(9)18/h8,10,12H,6-7H2,1-5H3/b9-8+/t10-,12-/m0/s1. The highest BCUT2D eigenvalue weighted by atomic mass is 16.5. The first kappa shape index (κ1) is 15.6. The quantitative estimate of drug-likeness (QED) is 0.540. The number of carbonyl (C=O) groups excluding carboxylic acids is 3. The van der Waals surface area contributed by atoms with E-state index in [1.807, 2.05) is 26.8 Å². The van der Waals surface area contributed by atoms with Crippen LogP contribution in [-0.4, -0.2) is 23.6 Å². The molecule has 0 bridgehead atoms. The molecule has 1 aliphatic carbocycles. The highest BCUT2D eigenvalue weighted by Gasteiger charge is 2.33. The Kier molecular flexibility index (Phi) is 4.66. The van der Waals surface area contributed by atoms with Gasteiger partial charge in [0.25, 0.3) is 0 Å². The van der Waals surface area contributed by atoms with Crippen molar-refractivity contribution < 1.29 is 19.1 Å². The molecule has 0 fully saturated rings. The molecule has 0 aromatic rings. The molecule has 2 atom stereocenters. The van der Waals surface area contributed by atoms with Gasteiger partial charge in [-0.05, 0) is 30.3 Å². The topological polar surface area (TPSA) is 60.4 Å². The van der Waals surface area contributed by atoms with Crippen LogP contribution in [0.5, 0.6) is 0 Å². The third kappa shape index (κ3) is 4.01. The maximum Gasteiger partial charge on any atom is 0.302 e. The Labute approximate surface area is 114 Å². The molecule has 4 heteroatoms. The summed E-state index contributed by atoms with van der Waals surface area (Å²) in [7, 11) is 0. The summed E-state index contributed by atoms with van der Waals surface area (Å²) in [5.74, 6) is -1.17. The SMILES string of the molecule is CC(=O)O[C@@H]1CC(=O)C(=O)/C(C)=C/C(C)(C)[C@@H](C)C1. The molecule has 1 rings (SSSR count). The smallest absolute Gasteiger partial charge is 0.302 e. The number of allylic oxidation sites excluding steroid dienone is 2. The van der Waals surface area contributed by atoms with Crippen molar-refractivity contribution in [2.24, 2.45) is 11.3 Å². The van der Waals surface area contributed by atoms with Crippen LogP contribution in [0.1, 0.15) is 47.5 Å². The van der Waals surface area contributed by atoms with Gasteiger partial charge >= 0.3 is 5.97 Å². The Balaban J connectivity index is 3.09. The number of Topliss-reactive ketones (excluding diaryl/α,β-unsaturated/α-hetero) is 2. The van der Waals surface area contributed by atoms with Gasteiger partial charge in [-0.3, -0.25) is 14.4 Å². The average Bonchev–Trinajstić information content (AvgIpc) is 2.26. The number of carbonyl (C=O) groups is 3. The van der Waals surface area contributed by atoms with E-state index in [0.717, 1.165) is 0 Å². The fourth-order valence-electron chi connectivity index (χ4n) is 2.39. The van der Waals surface area contributed by atoms with Crippen LogP contribution in [-0.2, 0) is 19.1 Å². The molecule has 0 aromatic carbocycles. The fraction of sp³-hybridized carbons (Fsp3) is 0.667. The molecule has 0 radical (unpaired) electrons. The van der Waals surface area contributed by atoms with Gasteiger partial charge < -0.3 is 4.74 Å². The molecule has 1 aliphatic rings. The maximum absolute atomic E-state index is 11.9. The molecule has 0 aliphatic heterocycles. The van der Waals surface area contributed by atoms with Crippen molar-refractivity contribution in [3.05, 3.63) is 11.6 Å². The van der Waals surface area contributed by atoms with Crippen LogP contribution in [0.15, 0.2) is 11.6 Å². The minimum absolute atomic E-state index is 0.0238. The zero-order valence-corrected chi connectivity index (χ0v) is 12.3. The summed E-state index contributed by atoms with van der Waals surface area (Å²) in [4.78, 5) is 34.9. The van der Waals surface area contributed by atoms with Crippen LogP contribution in [0.25, 0.3) is 0 Å². The average molecular weight is 266 g/mol. The minimum Gasteiger partial charge on any atom is -0.462 e. The molecule has 0 amide bonds. The second kappa shape index (κ2) is 5.68. The summed E-state index contributed by atoms with van der Waals surface area (Å²) in [6.07, 6.45) is 1.90. The molecular weight excluding hydrogens is 244 g/mol. The molecule has 106 valence electrons.